The highest BCUT2D eigenvalue weighted by Crippen LogP contribution is 2.20. The molecule has 1 aromatic heterocycles. The van der Waals surface area contributed by atoms with Gasteiger partial charge >= 0.3 is 0 Å². The highest BCUT2D eigenvalue weighted by molar-refractivity contribution is 5.90. The van der Waals surface area contributed by atoms with Crippen molar-refractivity contribution in [3.8, 4) is 0 Å². The van der Waals surface area contributed by atoms with E-state index in [0.29, 0.717) is 12.3 Å². The van der Waals surface area contributed by atoms with Crippen LogP contribution in [0.2, 0.25) is 0 Å². The van der Waals surface area contributed by atoms with Gasteiger partial charge in [0.25, 0.3) is 0 Å². The van der Waals surface area contributed by atoms with Gasteiger partial charge in [0.05, 0.1) is 11.9 Å². The number of hydrogen-bond acceptors (Lipinski definition) is 4. The molecule has 2 N–H and O–H groups in total. The minimum absolute atomic E-state index is 0.106. The maximum atomic E-state index is 12.0. The molecule has 0 saturated carbocycles. The number of aromatic nitrogens is 1. The first-order chi connectivity index (χ1) is 10.8. The third-order valence-corrected chi connectivity index (χ3v) is 4.70. The Kier molecular flexibility index (Phi) is 5.27. The summed E-state index contributed by atoms with van der Waals surface area (Å²) in [6.07, 6.45) is 8.26. The van der Waals surface area contributed by atoms with E-state index in [1.807, 2.05) is 12.1 Å². The molecule has 0 spiro atoms. The SMILES string of the molecule is O=C(CCC1CCNCC1)Nc1ccc(N2CCCC2)nc1. The predicted molar refractivity (Wildman–Crippen MR) is 89.1 cm³/mol. The van der Waals surface area contributed by atoms with E-state index < -0.39 is 0 Å². The third-order valence-electron chi connectivity index (χ3n) is 4.70. The fourth-order valence-electron chi connectivity index (χ4n) is 3.32. The van der Waals surface area contributed by atoms with Crippen molar-refractivity contribution >= 4 is 17.4 Å². The molecule has 0 bridgehead atoms. The van der Waals surface area contributed by atoms with Crippen LogP contribution in [0.3, 0.4) is 0 Å². The summed E-state index contributed by atoms with van der Waals surface area (Å²) in [7, 11) is 0. The quantitative estimate of drug-likeness (QED) is 0.877. The Morgan fingerprint density at radius 1 is 1.27 bits per heavy atom. The predicted octanol–water partition coefficient (Wildman–Crippen LogP) is 2.40. The molecule has 120 valence electrons. The molecule has 0 atom stereocenters. The van der Waals surface area contributed by atoms with E-state index in [0.717, 1.165) is 44.1 Å². The van der Waals surface area contributed by atoms with Gasteiger partial charge in [0.15, 0.2) is 0 Å². The van der Waals surface area contributed by atoms with Crippen LogP contribution < -0.4 is 15.5 Å². The van der Waals surface area contributed by atoms with Crippen LogP contribution in [0.1, 0.15) is 38.5 Å². The van der Waals surface area contributed by atoms with Gasteiger partial charge in [-0.05, 0) is 63.2 Å². The number of pyridine rings is 1. The third kappa shape index (κ3) is 4.19. The lowest BCUT2D eigenvalue weighted by atomic mass is 9.93. The number of carbonyl (C=O) groups is 1. The van der Waals surface area contributed by atoms with Crippen molar-refractivity contribution in [2.24, 2.45) is 5.92 Å². The molecule has 0 unspecified atom stereocenters. The van der Waals surface area contributed by atoms with E-state index in [-0.39, 0.29) is 5.91 Å². The summed E-state index contributed by atoms with van der Waals surface area (Å²) < 4.78 is 0. The van der Waals surface area contributed by atoms with Crippen molar-refractivity contribution < 1.29 is 4.79 Å². The van der Waals surface area contributed by atoms with E-state index in [2.05, 4.69) is 20.5 Å². The number of nitrogens with one attached hydrogen (secondary N) is 2. The summed E-state index contributed by atoms with van der Waals surface area (Å²) in [5, 5.41) is 6.32. The minimum Gasteiger partial charge on any atom is -0.357 e. The molecule has 5 heteroatoms. The van der Waals surface area contributed by atoms with Gasteiger partial charge in [-0.25, -0.2) is 4.98 Å². The number of carbonyl (C=O) groups excluding carboxylic acids is 1. The summed E-state index contributed by atoms with van der Waals surface area (Å²) in [4.78, 5) is 18.8. The Hall–Kier alpha value is -1.62. The number of rotatable bonds is 5. The van der Waals surface area contributed by atoms with E-state index in [1.165, 1.54) is 25.7 Å². The number of amides is 1. The molecule has 0 aromatic carbocycles. The second-order valence-electron chi connectivity index (χ2n) is 6.38. The fraction of sp³-hybridized carbons (Fsp3) is 0.647. The van der Waals surface area contributed by atoms with E-state index in [4.69, 9.17) is 0 Å². The van der Waals surface area contributed by atoms with Gasteiger partial charge in [-0.2, -0.15) is 0 Å². The van der Waals surface area contributed by atoms with Crippen LogP contribution >= 0.6 is 0 Å². The van der Waals surface area contributed by atoms with Gasteiger partial charge in [0, 0.05) is 19.5 Å². The van der Waals surface area contributed by atoms with Gasteiger partial charge in [-0.15, -0.1) is 0 Å². The Morgan fingerprint density at radius 3 is 2.73 bits per heavy atom. The van der Waals surface area contributed by atoms with Gasteiger partial charge in [-0.1, -0.05) is 0 Å². The molecule has 0 radical (unpaired) electrons. The maximum Gasteiger partial charge on any atom is 0.224 e. The Labute approximate surface area is 132 Å². The van der Waals surface area contributed by atoms with Crippen LogP contribution in [0.5, 0.6) is 0 Å². The second-order valence-corrected chi connectivity index (χ2v) is 6.38. The highest BCUT2D eigenvalue weighted by Gasteiger charge is 2.15. The van der Waals surface area contributed by atoms with E-state index in [1.54, 1.807) is 6.20 Å². The van der Waals surface area contributed by atoms with Crippen LogP contribution in [0.25, 0.3) is 0 Å². The molecule has 5 nitrogen and oxygen atoms in total. The van der Waals surface area contributed by atoms with E-state index in [9.17, 15) is 4.79 Å². The normalized spacial score (nSPS) is 19.4. The van der Waals surface area contributed by atoms with Crippen molar-refractivity contribution in [3.05, 3.63) is 18.3 Å². The second kappa shape index (κ2) is 7.58. The Bertz CT molecular complexity index is 476. The summed E-state index contributed by atoms with van der Waals surface area (Å²) in [6.45, 7) is 4.37. The molecule has 0 aliphatic carbocycles. The summed E-state index contributed by atoms with van der Waals surface area (Å²) >= 11 is 0. The lowest BCUT2D eigenvalue weighted by Gasteiger charge is -2.22. The van der Waals surface area contributed by atoms with Gasteiger partial charge in [-0.3, -0.25) is 4.79 Å². The molecule has 2 saturated heterocycles. The largest absolute Gasteiger partial charge is 0.357 e. The van der Waals surface area contributed by atoms with Crippen LogP contribution in [0.4, 0.5) is 11.5 Å². The van der Waals surface area contributed by atoms with Crippen molar-refractivity contribution in [1.82, 2.24) is 10.3 Å². The van der Waals surface area contributed by atoms with Crippen molar-refractivity contribution in [2.75, 3.05) is 36.4 Å². The smallest absolute Gasteiger partial charge is 0.224 e. The molecule has 22 heavy (non-hydrogen) atoms. The van der Waals surface area contributed by atoms with Crippen LogP contribution in [-0.2, 0) is 4.79 Å². The molecular formula is C17H26N4O. The highest BCUT2D eigenvalue weighted by atomic mass is 16.1. The van der Waals surface area contributed by atoms with Crippen molar-refractivity contribution in [3.63, 3.8) is 0 Å². The molecule has 3 heterocycles. The van der Waals surface area contributed by atoms with Gasteiger partial charge in [0.2, 0.25) is 5.91 Å². The van der Waals surface area contributed by atoms with Gasteiger partial charge < -0.3 is 15.5 Å². The monoisotopic (exact) mass is 302 g/mol. The van der Waals surface area contributed by atoms with E-state index >= 15 is 0 Å². The van der Waals surface area contributed by atoms with Crippen molar-refractivity contribution in [1.29, 1.82) is 0 Å². The number of nitrogens with zero attached hydrogens (tertiary/aromatic N) is 2. The molecule has 3 rings (SSSR count). The zero-order chi connectivity index (χ0) is 15.2. The average molecular weight is 302 g/mol. The van der Waals surface area contributed by atoms with Crippen LogP contribution in [0, 0.1) is 5.92 Å². The van der Waals surface area contributed by atoms with Gasteiger partial charge in [0.1, 0.15) is 5.82 Å². The van der Waals surface area contributed by atoms with Crippen molar-refractivity contribution in [2.45, 2.75) is 38.5 Å². The number of anilines is 2. The average Bonchev–Trinajstić information content (AvgIpc) is 3.09. The molecule has 1 amide bonds. The molecule has 2 aliphatic heterocycles. The first kappa shape index (κ1) is 15.3. The molecule has 1 aromatic rings. The zero-order valence-electron chi connectivity index (χ0n) is 13.2. The summed E-state index contributed by atoms with van der Waals surface area (Å²) in [5.74, 6) is 1.82. The summed E-state index contributed by atoms with van der Waals surface area (Å²) in [6, 6.07) is 3.97. The number of piperidine rings is 1. The number of hydrogen-bond donors (Lipinski definition) is 2. The summed E-state index contributed by atoms with van der Waals surface area (Å²) in [5.41, 5.74) is 0.804. The molecule has 2 aliphatic rings. The van der Waals surface area contributed by atoms with Crippen LogP contribution in [0.15, 0.2) is 18.3 Å². The van der Waals surface area contributed by atoms with Crippen LogP contribution in [-0.4, -0.2) is 37.1 Å². The first-order valence-corrected chi connectivity index (χ1v) is 8.53. The molecule has 2 fully saturated rings. The maximum absolute atomic E-state index is 12.0. The standard InChI is InChI=1S/C17H26N4O/c22-17(6-3-14-7-9-18-10-8-14)20-15-4-5-16(19-13-15)21-11-1-2-12-21/h4-5,13-14,18H,1-3,6-12H2,(H,20,22). The zero-order valence-corrected chi connectivity index (χ0v) is 13.2. The Morgan fingerprint density at radius 2 is 2.05 bits per heavy atom. The fourth-order valence-corrected chi connectivity index (χ4v) is 3.32. The lowest BCUT2D eigenvalue weighted by Crippen LogP contribution is -2.28. The Balaban J connectivity index is 1.44. The lowest BCUT2D eigenvalue weighted by molar-refractivity contribution is -0.116. The minimum atomic E-state index is 0.106. The first-order valence-electron chi connectivity index (χ1n) is 8.53. The molecular weight excluding hydrogens is 276 g/mol. The topological polar surface area (TPSA) is 57.3 Å².